The molecule has 1 N–H and O–H groups in total. The van der Waals surface area contributed by atoms with Gasteiger partial charge in [-0.15, -0.1) is 0 Å². The topological polar surface area (TPSA) is 62.3 Å². The third kappa shape index (κ3) is 3.56. The summed E-state index contributed by atoms with van der Waals surface area (Å²) in [6, 6.07) is 0. The number of nitrogens with zero attached hydrogens (tertiary/aromatic N) is 2. The molecule has 0 aromatic carbocycles. The molecule has 5 nitrogen and oxygen atoms in total. The Labute approximate surface area is 123 Å². The van der Waals surface area contributed by atoms with Gasteiger partial charge in [0.25, 0.3) is 0 Å². The predicted molar refractivity (Wildman–Crippen MR) is 79.6 cm³/mol. The molecular weight excluding hydrogens is 274 g/mol. The minimum Gasteiger partial charge on any atom is -0.337 e. The van der Waals surface area contributed by atoms with E-state index in [1.807, 2.05) is 11.8 Å². The van der Waals surface area contributed by atoms with E-state index in [9.17, 15) is 9.59 Å². The molecular formula is C14H21N3O2S. The van der Waals surface area contributed by atoms with Gasteiger partial charge < -0.3 is 10.2 Å². The monoisotopic (exact) mass is 295 g/mol. The fraction of sp³-hybridized carbons (Fsp3) is 0.643. The Balaban J connectivity index is 2.03. The zero-order chi connectivity index (χ0) is 14.7. The zero-order valence-corrected chi connectivity index (χ0v) is 13.0. The van der Waals surface area contributed by atoms with E-state index < -0.39 is 0 Å². The van der Waals surface area contributed by atoms with Crippen LogP contribution in [0.3, 0.4) is 0 Å². The highest BCUT2D eigenvalue weighted by Gasteiger charge is 2.24. The number of hydrogen-bond acceptors (Lipinski definition) is 4. The van der Waals surface area contributed by atoms with Crippen LogP contribution in [0, 0.1) is 5.92 Å². The first-order valence-corrected chi connectivity index (χ1v) is 7.87. The number of fused-ring (bicyclic) bond motifs is 1. The van der Waals surface area contributed by atoms with Crippen LogP contribution in [0.4, 0.5) is 5.13 Å². The average molecular weight is 295 g/mol. The summed E-state index contributed by atoms with van der Waals surface area (Å²) in [5, 5.41) is 3.44. The van der Waals surface area contributed by atoms with Gasteiger partial charge in [0.1, 0.15) is 0 Å². The van der Waals surface area contributed by atoms with Crippen LogP contribution in [0.2, 0.25) is 0 Å². The Morgan fingerprint density at radius 1 is 1.45 bits per heavy atom. The second-order valence-corrected chi connectivity index (χ2v) is 6.54. The molecule has 0 bridgehead atoms. The van der Waals surface area contributed by atoms with Gasteiger partial charge in [0.15, 0.2) is 5.13 Å². The number of amides is 2. The Kier molecular flexibility index (Phi) is 4.75. The van der Waals surface area contributed by atoms with E-state index in [1.54, 1.807) is 0 Å². The quantitative estimate of drug-likeness (QED) is 0.928. The standard InChI is InChI=1S/C14H21N3O2S/c1-4-12(18)16-14-15-10-5-6-17(8-11(10)20-14)13(19)7-9(2)3/h9H,4-8H2,1-3H3,(H,15,16,18). The maximum atomic E-state index is 12.1. The van der Waals surface area contributed by atoms with Gasteiger partial charge in [-0.2, -0.15) is 0 Å². The van der Waals surface area contributed by atoms with Crippen molar-refractivity contribution in [2.45, 2.75) is 46.6 Å². The molecule has 1 aliphatic heterocycles. The van der Waals surface area contributed by atoms with E-state index in [4.69, 9.17) is 0 Å². The van der Waals surface area contributed by atoms with E-state index in [0.717, 1.165) is 23.5 Å². The fourth-order valence-corrected chi connectivity index (χ4v) is 3.19. The summed E-state index contributed by atoms with van der Waals surface area (Å²) in [5.74, 6) is 0.562. The molecule has 110 valence electrons. The maximum Gasteiger partial charge on any atom is 0.225 e. The summed E-state index contributed by atoms with van der Waals surface area (Å²) in [7, 11) is 0. The molecule has 6 heteroatoms. The summed E-state index contributed by atoms with van der Waals surface area (Å²) >= 11 is 1.48. The smallest absolute Gasteiger partial charge is 0.225 e. The maximum absolute atomic E-state index is 12.1. The SMILES string of the molecule is CCC(=O)Nc1nc2c(s1)CN(C(=O)CC(C)C)CC2. The lowest BCUT2D eigenvalue weighted by atomic mass is 10.1. The predicted octanol–water partition coefficient (Wildman–Crippen LogP) is 2.42. The first-order valence-electron chi connectivity index (χ1n) is 7.05. The second kappa shape index (κ2) is 6.35. The van der Waals surface area contributed by atoms with Crippen molar-refractivity contribution in [3.05, 3.63) is 10.6 Å². The van der Waals surface area contributed by atoms with Gasteiger partial charge in [-0.05, 0) is 5.92 Å². The van der Waals surface area contributed by atoms with Gasteiger partial charge in [-0.3, -0.25) is 9.59 Å². The third-order valence-electron chi connectivity index (χ3n) is 3.23. The van der Waals surface area contributed by atoms with Crippen molar-refractivity contribution in [2.24, 2.45) is 5.92 Å². The number of anilines is 1. The van der Waals surface area contributed by atoms with Crippen molar-refractivity contribution in [3.8, 4) is 0 Å². The van der Waals surface area contributed by atoms with Gasteiger partial charge in [-0.1, -0.05) is 32.1 Å². The van der Waals surface area contributed by atoms with Gasteiger partial charge in [-0.25, -0.2) is 4.98 Å². The van der Waals surface area contributed by atoms with E-state index in [1.165, 1.54) is 11.3 Å². The third-order valence-corrected chi connectivity index (χ3v) is 4.23. The van der Waals surface area contributed by atoms with Crippen molar-refractivity contribution in [1.29, 1.82) is 0 Å². The van der Waals surface area contributed by atoms with Crippen molar-refractivity contribution in [1.82, 2.24) is 9.88 Å². The van der Waals surface area contributed by atoms with Crippen LogP contribution >= 0.6 is 11.3 Å². The zero-order valence-electron chi connectivity index (χ0n) is 12.2. The van der Waals surface area contributed by atoms with Crippen LogP contribution in [-0.2, 0) is 22.6 Å². The van der Waals surface area contributed by atoms with Crippen LogP contribution in [0.5, 0.6) is 0 Å². The lowest BCUT2D eigenvalue weighted by molar-refractivity contribution is -0.132. The number of nitrogens with one attached hydrogen (secondary N) is 1. The van der Waals surface area contributed by atoms with E-state index in [-0.39, 0.29) is 11.8 Å². The normalized spacial score (nSPS) is 14.3. The van der Waals surface area contributed by atoms with Crippen molar-refractivity contribution < 1.29 is 9.59 Å². The molecule has 0 fully saturated rings. The lowest BCUT2D eigenvalue weighted by Crippen LogP contribution is -2.36. The highest BCUT2D eigenvalue weighted by Crippen LogP contribution is 2.28. The summed E-state index contributed by atoms with van der Waals surface area (Å²) < 4.78 is 0. The highest BCUT2D eigenvalue weighted by molar-refractivity contribution is 7.15. The minimum absolute atomic E-state index is 0.0242. The van der Waals surface area contributed by atoms with Gasteiger partial charge in [0.2, 0.25) is 11.8 Å². The number of carbonyl (C=O) groups is 2. The Morgan fingerprint density at radius 2 is 2.20 bits per heavy atom. The Bertz CT molecular complexity index is 511. The molecule has 2 rings (SSSR count). The fourth-order valence-electron chi connectivity index (χ4n) is 2.15. The number of thiazole rings is 1. The number of rotatable bonds is 4. The molecule has 20 heavy (non-hydrogen) atoms. The molecule has 0 radical (unpaired) electrons. The summed E-state index contributed by atoms with van der Waals surface area (Å²) in [6.45, 7) is 7.27. The van der Waals surface area contributed by atoms with Crippen LogP contribution in [0.15, 0.2) is 0 Å². The summed E-state index contributed by atoms with van der Waals surface area (Å²) in [6.07, 6.45) is 1.81. The lowest BCUT2D eigenvalue weighted by Gasteiger charge is -2.26. The second-order valence-electron chi connectivity index (χ2n) is 5.45. The van der Waals surface area contributed by atoms with Crippen LogP contribution in [0.1, 0.15) is 44.2 Å². The molecule has 0 saturated heterocycles. The molecule has 0 spiro atoms. The number of aromatic nitrogens is 1. The molecule has 1 aromatic rings. The minimum atomic E-state index is -0.0242. The van der Waals surface area contributed by atoms with Crippen LogP contribution in [0.25, 0.3) is 0 Å². The van der Waals surface area contributed by atoms with Crippen LogP contribution in [-0.4, -0.2) is 28.2 Å². The van der Waals surface area contributed by atoms with Gasteiger partial charge >= 0.3 is 0 Å². The first-order chi connectivity index (χ1) is 9.49. The molecule has 1 aromatic heterocycles. The number of hydrogen-bond donors (Lipinski definition) is 1. The molecule has 0 aliphatic carbocycles. The summed E-state index contributed by atoms with van der Waals surface area (Å²) in [5.41, 5.74) is 1.02. The largest absolute Gasteiger partial charge is 0.337 e. The molecule has 0 atom stereocenters. The number of carbonyl (C=O) groups excluding carboxylic acids is 2. The van der Waals surface area contributed by atoms with Crippen molar-refractivity contribution in [2.75, 3.05) is 11.9 Å². The van der Waals surface area contributed by atoms with E-state index in [0.29, 0.717) is 30.4 Å². The first kappa shape index (κ1) is 15.0. The average Bonchev–Trinajstić information content (AvgIpc) is 2.78. The molecule has 0 unspecified atom stereocenters. The highest BCUT2D eigenvalue weighted by atomic mass is 32.1. The van der Waals surface area contributed by atoms with Crippen LogP contribution < -0.4 is 5.32 Å². The van der Waals surface area contributed by atoms with Gasteiger partial charge in [0.05, 0.1) is 12.2 Å². The summed E-state index contributed by atoms with van der Waals surface area (Å²) in [4.78, 5) is 30.9. The molecule has 0 saturated carbocycles. The molecule has 2 heterocycles. The Morgan fingerprint density at radius 3 is 2.85 bits per heavy atom. The molecule has 1 aliphatic rings. The van der Waals surface area contributed by atoms with Gasteiger partial charge in [0, 0.05) is 30.7 Å². The van der Waals surface area contributed by atoms with E-state index in [2.05, 4.69) is 24.1 Å². The Hall–Kier alpha value is -1.43. The molecule has 2 amide bonds. The van der Waals surface area contributed by atoms with Crippen molar-refractivity contribution in [3.63, 3.8) is 0 Å². The van der Waals surface area contributed by atoms with E-state index >= 15 is 0 Å². The van der Waals surface area contributed by atoms with Crippen molar-refractivity contribution >= 4 is 28.3 Å².